The summed E-state index contributed by atoms with van der Waals surface area (Å²) in [7, 11) is 1.53. The van der Waals surface area contributed by atoms with Gasteiger partial charge in [0.2, 0.25) is 5.88 Å². The molecular formula is C11H15N3O3. The molecule has 0 saturated heterocycles. The van der Waals surface area contributed by atoms with Crippen molar-refractivity contribution in [3.63, 3.8) is 0 Å². The van der Waals surface area contributed by atoms with Crippen molar-refractivity contribution in [2.75, 3.05) is 12.4 Å². The van der Waals surface area contributed by atoms with Gasteiger partial charge in [0.1, 0.15) is 5.82 Å². The van der Waals surface area contributed by atoms with Crippen LogP contribution in [0.1, 0.15) is 19.3 Å². The summed E-state index contributed by atoms with van der Waals surface area (Å²) in [6.45, 7) is 0. The van der Waals surface area contributed by atoms with Gasteiger partial charge in [-0.25, -0.2) is 0 Å². The van der Waals surface area contributed by atoms with Crippen molar-refractivity contribution in [3.8, 4) is 5.88 Å². The average molecular weight is 237 g/mol. The Labute approximate surface area is 99.0 Å². The first kappa shape index (κ1) is 11.6. The topological polar surface area (TPSA) is 84.3 Å². The van der Waals surface area contributed by atoms with E-state index in [4.69, 9.17) is 9.84 Å². The number of rotatable bonds is 4. The number of hydrogen-bond donors (Lipinski definition) is 2. The van der Waals surface area contributed by atoms with Gasteiger partial charge < -0.3 is 15.2 Å². The zero-order valence-electron chi connectivity index (χ0n) is 9.59. The lowest BCUT2D eigenvalue weighted by atomic mass is 10.1. The molecule has 2 N–H and O–H groups in total. The number of anilines is 1. The summed E-state index contributed by atoms with van der Waals surface area (Å²) in [5, 5.41) is 12.1. The van der Waals surface area contributed by atoms with Crippen LogP contribution in [0.15, 0.2) is 12.4 Å². The molecule has 0 bridgehead atoms. The van der Waals surface area contributed by atoms with Crippen molar-refractivity contribution in [2.24, 2.45) is 5.92 Å². The van der Waals surface area contributed by atoms with E-state index in [1.54, 1.807) is 6.20 Å². The second kappa shape index (κ2) is 4.99. The molecule has 2 atom stereocenters. The summed E-state index contributed by atoms with van der Waals surface area (Å²) >= 11 is 0. The first-order chi connectivity index (χ1) is 8.19. The quantitative estimate of drug-likeness (QED) is 0.817. The Morgan fingerprint density at radius 2 is 2.35 bits per heavy atom. The SMILES string of the molecule is COc1cncc(N[C@H]2CC[C@@H](C(=O)O)C2)n1. The highest BCUT2D eigenvalue weighted by atomic mass is 16.5. The lowest BCUT2D eigenvalue weighted by molar-refractivity contribution is -0.141. The van der Waals surface area contributed by atoms with E-state index < -0.39 is 5.97 Å². The highest BCUT2D eigenvalue weighted by Crippen LogP contribution is 2.27. The van der Waals surface area contributed by atoms with Crippen LogP contribution in [0.4, 0.5) is 5.82 Å². The molecule has 0 spiro atoms. The van der Waals surface area contributed by atoms with Gasteiger partial charge in [0.15, 0.2) is 0 Å². The van der Waals surface area contributed by atoms with Crippen LogP contribution in [-0.2, 0) is 4.79 Å². The van der Waals surface area contributed by atoms with Gasteiger partial charge in [0, 0.05) is 6.04 Å². The molecule has 1 saturated carbocycles. The summed E-state index contributed by atoms with van der Waals surface area (Å²) in [5.41, 5.74) is 0. The molecule has 0 amide bonds. The summed E-state index contributed by atoms with van der Waals surface area (Å²) in [6, 6.07) is 0.150. The maximum absolute atomic E-state index is 10.8. The van der Waals surface area contributed by atoms with Crippen molar-refractivity contribution >= 4 is 11.8 Å². The normalized spacial score (nSPS) is 23.4. The van der Waals surface area contributed by atoms with E-state index in [0.717, 1.165) is 6.42 Å². The molecule has 17 heavy (non-hydrogen) atoms. The minimum atomic E-state index is -0.717. The van der Waals surface area contributed by atoms with Crippen LogP contribution in [-0.4, -0.2) is 34.2 Å². The van der Waals surface area contributed by atoms with E-state index in [-0.39, 0.29) is 12.0 Å². The van der Waals surface area contributed by atoms with Gasteiger partial charge in [-0.05, 0) is 19.3 Å². The van der Waals surface area contributed by atoms with Crippen LogP contribution in [0, 0.1) is 5.92 Å². The minimum absolute atomic E-state index is 0.150. The number of nitrogens with one attached hydrogen (secondary N) is 1. The molecule has 1 aliphatic rings. The zero-order valence-corrected chi connectivity index (χ0v) is 9.59. The average Bonchev–Trinajstić information content (AvgIpc) is 2.78. The molecule has 0 radical (unpaired) electrons. The maximum atomic E-state index is 10.8. The van der Waals surface area contributed by atoms with E-state index in [2.05, 4.69) is 15.3 Å². The van der Waals surface area contributed by atoms with Gasteiger partial charge in [0.05, 0.1) is 25.4 Å². The van der Waals surface area contributed by atoms with E-state index in [9.17, 15) is 4.79 Å². The number of nitrogens with zero attached hydrogens (tertiary/aromatic N) is 2. The highest BCUT2D eigenvalue weighted by molar-refractivity contribution is 5.70. The monoisotopic (exact) mass is 237 g/mol. The van der Waals surface area contributed by atoms with E-state index >= 15 is 0 Å². The van der Waals surface area contributed by atoms with Crippen LogP contribution in [0.25, 0.3) is 0 Å². The molecule has 6 heteroatoms. The summed E-state index contributed by atoms with van der Waals surface area (Å²) in [5.74, 6) is 0.111. The fraction of sp³-hybridized carbons (Fsp3) is 0.545. The molecule has 0 aliphatic heterocycles. The van der Waals surface area contributed by atoms with Gasteiger partial charge in [0.25, 0.3) is 0 Å². The Bertz CT molecular complexity index is 411. The van der Waals surface area contributed by atoms with Gasteiger partial charge in [-0.2, -0.15) is 4.98 Å². The molecule has 1 heterocycles. The van der Waals surface area contributed by atoms with Crippen molar-refractivity contribution in [3.05, 3.63) is 12.4 Å². The minimum Gasteiger partial charge on any atom is -0.481 e. The number of hydrogen-bond acceptors (Lipinski definition) is 5. The highest BCUT2D eigenvalue weighted by Gasteiger charge is 2.29. The zero-order chi connectivity index (χ0) is 12.3. The third-order valence-corrected chi connectivity index (χ3v) is 2.96. The fourth-order valence-electron chi connectivity index (χ4n) is 2.06. The predicted octanol–water partition coefficient (Wildman–Crippen LogP) is 1.15. The van der Waals surface area contributed by atoms with Crippen molar-refractivity contribution in [2.45, 2.75) is 25.3 Å². The van der Waals surface area contributed by atoms with Crippen LogP contribution < -0.4 is 10.1 Å². The Balaban J connectivity index is 1.95. The Morgan fingerprint density at radius 1 is 1.53 bits per heavy atom. The number of methoxy groups -OCH3 is 1. The predicted molar refractivity (Wildman–Crippen MR) is 61.0 cm³/mol. The first-order valence-electron chi connectivity index (χ1n) is 5.54. The number of carbonyl (C=O) groups is 1. The van der Waals surface area contributed by atoms with Crippen LogP contribution in [0.5, 0.6) is 5.88 Å². The molecule has 0 unspecified atom stereocenters. The van der Waals surface area contributed by atoms with Crippen molar-refractivity contribution < 1.29 is 14.6 Å². The number of aliphatic carboxylic acids is 1. The summed E-state index contributed by atoms with van der Waals surface area (Å²) in [4.78, 5) is 19.0. The lowest BCUT2D eigenvalue weighted by Crippen LogP contribution is -2.18. The van der Waals surface area contributed by atoms with E-state index in [0.29, 0.717) is 24.5 Å². The molecule has 0 aromatic carbocycles. The molecule has 1 fully saturated rings. The molecular weight excluding hydrogens is 222 g/mol. The fourth-order valence-corrected chi connectivity index (χ4v) is 2.06. The second-order valence-corrected chi connectivity index (χ2v) is 4.14. The lowest BCUT2D eigenvalue weighted by Gasteiger charge is -2.12. The largest absolute Gasteiger partial charge is 0.481 e. The van der Waals surface area contributed by atoms with Gasteiger partial charge in [-0.3, -0.25) is 9.78 Å². The summed E-state index contributed by atoms with van der Waals surface area (Å²) in [6.07, 6.45) is 5.32. The van der Waals surface area contributed by atoms with Crippen LogP contribution in [0.2, 0.25) is 0 Å². The first-order valence-corrected chi connectivity index (χ1v) is 5.54. The number of carboxylic acids is 1. The van der Waals surface area contributed by atoms with Crippen LogP contribution in [0.3, 0.4) is 0 Å². The number of ether oxygens (including phenoxy) is 1. The number of carboxylic acid groups (broad SMARTS) is 1. The van der Waals surface area contributed by atoms with Crippen molar-refractivity contribution in [1.82, 2.24) is 9.97 Å². The van der Waals surface area contributed by atoms with E-state index in [1.807, 2.05) is 0 Å². The molecule has 1 aromatic rings. The molecule has 6 nitrogen and oxygen atoms in total. The Hall–Kier alpha value is -1.85. The molecule has 2 rings (SSSR count). The Morgan fingerprint density at radius 3 is 3.00 bits per heavy atom. The maximum Gasteiger partial charge on any atom is 0.306 e. The number of aromatic nitrogens is 2. The van der Waals surface area contributed by atoms with Crippen molar-refractivity contribution in [1.29, 1.82) is 0 Å². The van der Waals surface area contributed by atoms with Gasteiger partial charge in [-0.1, -0.05) is 0 Å². The molecule has 1 aromatic heterocycles. The third kappa shape index (κ3) is 2.83. The molecule has 1 aliphatic carbocycles. The molecule has 92 valence electrons. The standard InChI is InChI=1S/C11H15N3O3/c1-17-10-6-12-5-9(14-10)13-8-3-2-7(4-8)11(15)16/h5-8H,2-4H2,1H3,(H,13,14)(H,15,16)/t7-,8+/m1/s1. The second-order valence-electron chi connectivity index (χ2n) is 4.14. The smallest absolute Gasteiger partial charge is 0.306 e. The third-order valence-electron chi connectivity index (χ3n) is 2.96. The van der Waals surface area contributed by atoms with E-state index in [1.165, 1.54) is 13.3 Å². The Kier molecular flexibility index (Phi) is 3.41. The van der Waals surface area contributed by atoms with Gasteiger partial charge in [-0.15, -0.1) is 0 Å². The van der Waals surface area contributed by atoms with Gasteiger partial charge >= 0.3 is 5.97 Å². The van der Waals surface area contributed by atoms with Crippen LogP contribution >= 0.6 is 0 Å². The summed E-state index contributed by atoms with van der Waals surface area (Å²) < 4.78 is 4.97.